The molecule has 0 saturated heterocycles. The number of hydrogen-bond acceptors (Lipinski definition) is 3. The molecule has 6 nitrogen and oxygen atoms in total. The molecule has 0 aromatic heterocycles. The molecule has 0 saturated carbocycles. The fraction of sp³-hybridized carbons (Fsp3) is 0.562. The van der Waals surface area contributed by atoms with Crippen LogP contribution in [0.3, 0.4) is 0 Å². The molecule has 23 heavy (non-hydrogen) atoms. The fourth-order valence-corrected chi connectivity index (χ4v) is 2.89. The minimum Gasteiger partial charge on any atom is -0.357 e. The summed E-state index contributed by atoms with van der Waals surface area (Å²) in [5, 5.41) is 6.26. The molecule has 0 bridgehead atoms. The molecule has 0 fully saturated rings. The summed E-state index contributed by atoms with van der Waals surface area (Å²) in [5.41, 5.74) is 1.03. The van der Waals surface area contributed by atoms with Gasteiger partial charge in [0.05, 0.1) is 4.90 Å². The van der Waals surface area contributed by atoms with Crippen LogP contribution < -0.4 is 15.4 Å². The van der Waals surface area contributed by atoms with Crippen LogP contribution in [0, 0.1) is 6.92 Å². The van der Waals surface area contributed by atoms with Crippen LogP contribution in [0.25, 0.3) is 0 Å². The van der Waals surface area contributed by atoms with Crippen molar-refractivity contribution in [2.45, 2.75) is 38.5 Å². The van der Waals surface area contributed by atoms with Crippen LogP contribution in [0.4, 0.5) is 0 Å². The summed E-state index contributed by atoms with van der Waals surface area (Å²) in [6, 6.07) is 6.80. The zero-order valence-electron chi connectivity index (χ0n) is 14.2. The maximum Gasteiger partial charge on any atom is 0.240 e. The van der Waals surface area contributed by atoms with Gasteiger partial charge in [-0.3, -0.25) is 4.99 Å². The van der Waals surface area contributed by atoms with Crippen molar-refractivity contribution in [1.82, 2.24) is 15.4 Å². The SMILES string of the molecule is CCCCN=C(NCC)NCCNS(=O)(=O)c1ccc(C)cc1. The highest BCUT2D eigenvalue weighted by Crippen LogP contribution is 2.09. The van der Waals surface area contributed by atoms with E-state index in [0.717, 1.165) is 37.5 Å². The molecule has 1 aromatic rings. The molecular formula is C16H28N4O2S. The van der Waals surface area contributed by atoms with E-state index in [0.29, 0.717) is 13.1 Å². The minimum absolute atomic E-state index is 0.284. The number of rotatable bonds is 9. The zero-order valence-corrected chi connectivity index (χ0v) is 15.0. The number of nitrogens with zero attached hydrogens (tertiary/aromatic N) is 1. The van der Waals surface area contributed by atoms with E-state index >= 15 is 0 Å². The second-order valence-corrected chi connectivity index (χ2v) is 7.02. The first-order chi connectivity index (χ1) is 11.0. The second kappa shape index (κ2) is 10.2. The predicted octanol–water partition coefficient (Wildman–Crippen LogP) is 1.63. The first-order valence-corrected chi connectivity index (χ1v) is 9.56. The molecule has 0 aliphatic carbocycles. The van der Waals surface area contributed by atoms with Crippen molar-refractivity contribution in [3.05, 3.63) is 29.8 Å². The van der Waals surface area contributed by atoms with E-state index in [9.17, 15) is 8.42 Å². The fourth-order valence-electron chi connectivity index (χ4n) is 1.86. The maximum absolute atomic E-state index is 12.1. The second-order valence-electron chi connectivity index (χ2n) is 5.25. The average Bonchev–Trinajstić information content (AvgIpc) is 2.52. The van der Waals surface area contributed by atoms with Gasteiger partial charge in [0.2, 0.25) is 10.0 Å². The van der Waals surface area contributed by atoms with Crippen LogP contribution in [0.5, 0.6) is 0 Å². The molecule has 0 heterocycles. The summed E-state index contributed by atoms with van der Waals surface area (Å²) in [6.07, 6.45) is 2.13. The number of sulfonamides is 1. The summed E-state index contributed by atoms with van der Waals surface area (Å²) in [7, 11) is -3.46. The van der Waals surface area contributed by atoms with Crippen molar-refractivity contribution in [3.8, 4) is 0 Å². The van der Waals surface area contributed by atoms with E-state index in [2.05, 4.69) is 27.3 Å². The van der Waals surface area contributed by atoms with Gasteiger partial charge in [-0.1, -0.05) is 31.0 Å². The Morgan fingerprint density at radius 2 is 1.78 bits per heavy atom. The normalized spacial score (nSPS) is 12.2. The minimum atomic E-state index is -3.46. The number of nitrogens with one attached hydrogen (secondary N) is 3. The molecule has 0 atom stereocenters. The molecule has 1 rings (SSSR count). The van der Waals surface area contributed by atoms with Crippen molar-refractivity contribution in [2.24, 2.45) is 4.99 Å². The van der Waals surface area contributed by atoms with Crippen molar-refractivity contribution in [3.63, 3.8) is 0 Å². The van der Waals surface area contributed by atoms with Crippen molar-refractivity contribution in [2.75, 3.05) is 26.2 Å². The Hall–Kier alpha value is -1.60. The van der Waals surface area contributed by atoms with E-state index in [1.54, 1.807) is 24.3 Å². The lowest BCUT2D eigenvalue weighted by molar-refractivity contribution is 0.580. The molecule has 0 amide bonds. The van der Waals surface area contributed by atoms with E-state index in [-0.39, 0.29) is 4.90 Å². The predicted molar refractivity (Wildman–Crippen MR) is 95.3 cm³/mol. The molecule has 0 unspecified atom stereocenters. The Morgan fingerprint density at radius 3 is 2.39 bits per heavy atom. The number of aryl methyl sites for hydroxylation is 1. The van der Waals surface area contributed by atoms with Crippen LogP contribution in [0.15, 0.2) is 34.2 Å². The number of unbranched alkanes of at least 4 members (excludes halogenated alkanes) is 1. The van der Waals surface area contributed by atoms with Crippen molar-refractivity contribution >= 4 is 16.0 Å². The number of guanidine groups is 1. The van der Waals surface area contributed by atoms with Crippen LogP contribution in [-0.4, -0.2) is 40.6 Å². The first kappa shape index (κ1) is 19.4. The Balaban J connectivity index is 2.45. The molecule has 1 aromatic carbocycles. The summed E-state index contributed by atoms with van der Waals surface area (Å²) < 4.78 is 26.9. The summed E-state index contributed by atoms with van der Waals surface area (Å²) >= 11 is 0. The highest BCUT2D eigenvalue weighted by molar-refractivity contribution is 7.89. The summed E-state index contributed by atoms with van der Waals surface area (Å²) in [4.78, 5) is 4.71. The van der Waals surface area contributed by atoms with Gasteiger partial charge >= 0.3 is 0 Å². The molecule has 0 aliphatic heterocycles. The van der Waals surface area contributed by atoms with Crippen LogP contribution >= 0.6 is 0 Å². The molecule has 0 radical (unpaired) electrons. The Bertz CT molecular complexity index is 583. The Labute approximate surface area is 139 Å². The van der Waals surface area contributed by atoms with Crippen molar-refractivity contribution < 1.29 is 8.42 Å². The van der Waals surface area contributed by atoms with Crippen LogP contribution in [0.2, 0.25) is 0 Å². The molecular weight excluding hydrogens is 312 g/mol. The first-order valence-electron chi connectivity index (χ1n) is 8.08. The largest absolute Gasteiger partial charge is 0.357 e. The molecule has 7 heteroatoms. The Kier molecular flexibility index (Phi) is 8.65. The van der Waals surface area contributed by atoms with Gasteiger partial charge in [-0.2, -0.15) is 0 Å². The van der Waals surface area contributed by atoms with Gasteiger partial charge in [0.25, 0.3) is 0 Å². The van der Waals surface area contributed by atoms with Crippen LogP contribution in [0.1, 0.15) is 32.3 Å². The highest BCUT2D eigenvalue weighted by Gasteiger charge is 2.12. The van der Waals surface area contributed by atoms with Gasteiger partial charge < -0.3 is 10.6 Å². The average molecular weight is 340 g/mol. The van der Waals surface area contributed by atoms with Gasteiger partial charge in [-0.15, -0.1) is 0 Å². The maximum atomic E-state index is 12.1. The van der Waals surface area contributed by atoms with Gasteiger partial charge in [-0.25, -0.2) is 13.1 Å². The quantitative estimate of drug-likeness (QED) is 0.362. The summed E-state index contributed by atoms with van der Waals surface area (Å²) in [6.45, 7) is 8.35. The third-order valence-corrected chi connectivity index (χ3v) is 4.64. The van der Waals surface area contributed by atoms with E-state index in [1.165, 1.54) is 0 Å². The van der Waals surface area contributed by atoms with E-state index < -0.39 is 10.0 Å². The number of aliphatic imine (C=N–C) groups is 1. The van der Waals surface area contributed by atoms with Gasteiger partial charge in [-0.05, 0) is 32.4 Å². The molecule has 0 aliphatic rings. The van der Waals surface area contributed by atoms with Crippen LogP contribution in [-0.2, 0) is 10.0 Å². The lowest BCUT2D eigenvalue weighted by Crippen LogP contribution is -2.41. The lowest BCUT2D eigenvalue weighted by atomic mass is 10.2. The monoisotopic (exact) mass is 340 g/mol. The molecule has 130 valence electrons. The van der Waals surface area contributed by atoms with E-state index in [1.807, 2.05) is 13.8 Å². The standard InChI is InChI=1S/C16H28N4O2S/c1-4-6-11-18-16(17-5-2)19-12-13-20-23(21,22)15-9-7-14(3)8-10-15/h7-10,20H,4-6,11-13H2,1-3H3,(H2,17,18,19). The lowest BCUT2D eigenvalue weighted by Gasteiger charge is -2.12. The zero-order chi connectivity index (χ0) is 17.1. The molecule has 0 spiro atoms. The number of benzene rings is 1. The number of hydrogen-bond donors (Lipinski definition) is 3. The summed E-state index contributed by atoms with van der Waals surface area (Å²) in [5.74, 6) is 0.718. The van der Waals surface area contributed by atoms with Gasteiger partial charge in [0.15, 0.2) is 5.96 Å². The van der Waals surface area contributed by atoms with Gasteiger partial charge in [0, 0.05) is 26.2 Å². The van der Waals surface area contributed by atoms with E-state index in [4.69, 9.17) is 0 Å². The van der Waals surface area contributed by atoms with Gasteiger partial charge in [0.1, 0.15) is 0 Å². The van der Waals surface area contributed by atoms with Crippen molar-refractivity contribution in [1.29, 1.82) is 0 Å². The third kappa shape index (κ3) is 7.47. The topological polar surface area (TPSA) is 82.6 Å². The third-order valence-electron chi connectivity index (χ3n) is 3.17. The smallest absolute Gasteiger partial charge is 0.240 e. The highest BCUT2D eigenvalue weighted by atomic mass is 32.2. The Morgan fingerprint density at radius 1 is 1.09 bits per heavy atom. The molecule has 3 N–H and O–H groups in total.